The molecule has 48 heavy (non-hydrogen) atoms. The predicted molar refractivity (Wildman–Crippen MR) is 198 cm³/mol. The van der Waals surface area contributed by atoms with E-state index < -0.39 is 0 Å². The maximum atomic E-state index is 5.03. The molecule has 7 aromatic rings. The Morgan fingerprint density at radius 1 is 0.354 bits per heavy atom. The smallest absolute Gasteiger partial charge is 0.164 e. The van der Waals surface area contributed by atoms with Gasteiger partial charge in [-0.1, -0.05) is 149 Å². The standard InChI is InChI=1S/C45H35N3/c1-44(2)37-26-33(32-20-19-28-13-11-12-18-31(28)25-32)21-23-35(37)39-40(44)36-24-22-34(27-38(36)45(39,3)4)43-47-41(29-14-7-5-8-15-29)46-42(48-43)30-16-9-6-10-17-30/h5-27H,1-4H3. The van der Waals surface area contributed by atoms with Crippen LogP contribution in [0.1, 0.15) is 49.9 Å². The average molecular weight is 618 g/mol. The maximum absolute atomic E-state index is 5.03. The Labute approximate surface area is 281 Å². The molecule has 0 saturated heterocycles. The molecule has 0 aliphatic heterocycles. The summed E-state index contributed by atoms with van der Waals surface area (Å²) in [5.41, 5.74) is 13.4. The Kier molecular flexibility index (Phi) is 6.20. The molecule has 230 valence electrons. The zero-order valence-corrected chi connectivity index (χ0v) is 27.6. The lowest BCUT2D eigenvalue weighted by molar-refractivity contribution is 0.694. The number of allylic oxidation sites excluding steroid dienone is 2. The lowest BCUT2D eigenvalue weighted by atomic mass is 9.75. The molecule has 0 N–H and O–H groups in total. The van der Waals surface area contributed by atoms with Gasteiger partial charge in [0.15, 0.2) is 17.5 Å². The van der Waals surface area contributed by atoms with E-state index in [1.165, 1.54) is 55.3 Å². The van der Waals surface area contributed by atoms with Crippen molar-refractivity contribution in [1.29, 1.82) is 0 Å². The molecule has 1 heterocycles. The van der Waals surface area contributed by atoms with Gasteiger partial charge >= 0.3 is 0 Å². The zero-order valence-electron chi connectivity index (χ0n) is 27.6. The van der Waals surface area contributed by atoms with Gasteiger partial charge < -0.3 is 0 Å². The Balaban J connectivity index is 1.14. The summed E-state index contributed by atoms with van der Waals surface area (Å²) in [7, 11) is 0. The quantitative estimate of drug-likeness (QED) is 0.197. The first-order chi connectivity index (χ1) is 23.3. The van der Waals surface area contributed by atoms with E-state index in [1.54, 1.807) is 0 Å². The van der Waals surface area contributed by atoms with Crippen LogP contribution in [0.5, 0.6) is 0 Å². The van der Waals surface area contributed by atoms with Gasteiger partial charge in [-0.25, -0.2) is 15.0 Å². The van der Waals surface area contributed by atoms with E-state index in [2.05, 4.69) is 131 Å². The topological polar surface area (TPSA) is 38.7 Å². The summed E-state index contributed by atoms with van der Waals surface area (Å²) in [6.07, 6.45) is 0. The van der Waals surface area contributed by atoms with Crippen LogP contribution < -0.4 is 0 Å². The number of benzene rings is 6. The molecule has 2 aliphatic carbocycles. The third-order valence-electron chi connectivity index (χ3n) is 10.5. The fourth-order valence-electron chi connectivity index (χ4n) is 8.02. The molecule has 6 aromatic carbocycles. The van der Waals surface area contributed by atoms with Crippen molar-refractivity contribution < 1.29 is 0 Å². The SMILES string of the molecule is CC1(C)C2=C(c3ccc(-c4ccc5ccccc5c4)cc31)C(C)(C)c1cc(-c3nc(-c4ccccc4)nc(-c4ccccc4)n3)ccc12. The molecular weight excluding hydrogens is 583 g/mol. The summed E-state index contributed by atoms with van der Waals surface area (Å²) < 4.78 is 0. The fraction of sp³-hybridized carbons (Fsp3) is 0.133. The highest BCUT2D eigenvalue weighted by Crippen LogP contribution is 2.63. The molecule has 0 spiro atoms. The molecule has 0 unspecified atom stereocenters. The van der Waals surface area contributed by atoms with E-state index in [-0.39, 0.29) is 10.8 Å². The minimum Gasteiger partial charge on any atom is -0.208 e. The van der Waals surface area contributed by atoms with Crippen LogP contribution >= 0.6 is 0 Å². The van der Waals surface area contributed by atoms with Crippen LogP contribution in [0.3, 0.4) is 0 Å². The fourth-order valence-corrected chi connectivity index (χ4v) is 8.02. The molecular formula is C45H35N3. The number of hydrogen-bond acceptors (Lipinski definition) is 3. The summed E-state index contributed by atoms with van der Waals surface area (Å²) in [6, 6.07) is 49.7. The van der Waals surface area contributed by atoms with Gasteiger partial charge in [0.05, 0.1) is 0 Å². The first kappa shape index (κ1) is 28.5. The van der Waals surface area contributed by atoms with Crippen molar-refractivity contribution in [3.05, 3.63) is 162 Å². The summed E-state index contributed by atoms with van der Waals surface area (Å²) in [6.45, 7) is 9.53. The van der Waals surface area contributed by atoms with E-state index in [9.17, 15) is 0 Å². The number of hydrogen-bond donors (Lipinski definition) is 0. The zero-order chi connectivity index (χ0) is 32.6. The van der Waals surface area contributed by atoms with Crippen LogP contribution in [0.2, 0.25) is 0 Å². The number of nitrogens with zero attached hydrogens (tertiary/aromatic N) is 3. The van der Waals surface area contributed by atoms with Crippen LogP contribution in [0.15, 0.2) is 140 Å². The van der Waals surface area contributed by atoms with Crippen molar-refractivity contribution in [3.63, 3.8) is 0 Å². The minimum absolute atomic E-state index is 0.143. The first-order valence-electron chi connectivity index (χ1n) is 16.7. The highest BCUT2D eigenvalue weighted by atomic mass is 15.0. The second-order valence-corrected chi connectivity index (χ2v) is 14.1. The van der Waals surface area contributed by atoms with Gasteiger partial charge in [-0.05, 0) is 73.5 Å². The van der Waals surface area contributed by atoms with Crippen LogP contribution in [0.25, 0.3) is 67.2 Å². The summed E-state index contributed by atoms with van der Waals surface area (Å²) in [5.74, 6) is 2.04. The third kappa shape index (κ3) is 4.31. The Bertz CT molecular complexity index is 2380. The van der Waals surface area contributed by atoms with Gasteiger partial charge in [0, 0.05) is 27.5 Å². The summed E-state index contributed by atoms with van der Waals surface area (Å²) in [5, 5.41) is 2.54. The molecule has 3 nitrogen and oxygen atoms in total. The molecule has 2 aliphatic rings. The first-order valence-corrected chi connectivity index (χ1v) is 16.7. The normalized spacial score (nSPS) is 15.3. The van der Waals surface area contributed by atoms with Gasteiger partial charge in [-0.15, -0.1) is 0 Å². The number of rotatable bonds is 4. The van der Waals surface area contributed by atoms with Crippen molar-refractivity contribution in [3.8, 4) is 45.3 Å². The van der Waals surface area contributed by atoms with E-state index in [1.807, 2.05) is 36.4 Å². The molecule has 1 aromatic heterocycles. The van der Waals surface area contributed by atoms with E-state index in [0.29, 0.717) is 17.5 Å². The van der Waals surface area contributed by atoms with Crippen LogP contribution in [0.4, 0.5) is 0 Å². The average Bonchev–Trinajstić information content (AvgIpc) is 3.52. The van der Waals surface area contributed by atoms with Crippen molar-refractivity contribution in [2.75, 3.05) is 0 Å². The monoisotopic (exact) mass is 617 g/mol. The third-order valence-corrected chi connectivity index (χ3v) is 10.5. The van der Waals surface area contributed by atoms with Crippen molar-refractivity contribution in [2.45, 2.75) is 38.5 Å². The second-order valence-electron chi connectivity index (χ2n) is 14.1. The molecule has 0 amide bonds. The number of fused-ring (bicyclic) bond motifs is 5. The summed E-state index contributed by atoms with van der Waals surface area (Å²) in [4.78, 5) is 15.0. The lowest BCUT2D eigenvalue weighted by Crippen LogP contribution is -2.19. The van der Waals surface area contributed by atoms with Gasteiger partial charge in [-0.3, -0.25) is 0 Å². The molecule has 9 rings (SSSR count). The van der Waals surface area contributed by atoms with Crippen LogP contribution in [-0.4, -0.2) is 15.0 Å². The Hall–Kier alpha value is -5.67. The maximum Gasteiger partial charge on any atom is 0.164 e. The molecule has 0 saturated carbocycles. The van der Waals surface area contributed by atoms with Crippen molar-refractivity contribution in [1.82, 2.24) is 15.0 Å². The second kappa shape index (κ2) is 10.4. The predicted octanol–water partition coefficient (Wildman–Crippen LogP) is 11.2. The van der Waals surface area contributed by atoms with E-state index in [0.717, 1.165) is 16.7 Å². The van der Waals surface area contributed by atoms with Crippen molar-refractivity contribution >= 4 is 21.9 Å². The molecule has 0 bridgehead atoms. The van der Waals surface area contributed by atoms with Crippen molar-refractivity contribution in [2.24, 2.45) is 0 Å². The summed E-state index contributed by atoms with van der Waals surface area (Å²) >= 11 is 0. The molecule has 0 fully saturated rings. The minimum atomic E-state index is -0.189. The number of aromatic nitrogens is 3. The Morgan fingerprint density at radius 2 is 0.771 bits per heavy atom. The van der Waals surface area contributed by atoms with E-state index >= 15 is 0 Å². The van der Waals surface area contributed by atoms with Crippen LogP contribution in [-0.2, 0) is 10.8 Å². The molecule has 3 heteroatoms. The van der Waals surface area contributed by atoms with E-state index in [4.69, 9.17) is 15.0 Å². The largest absolute Gasteiger partial charge is 0.208 e. The van der Waals surface area contributed by atoms with Gasteiger partial charge in [-0.2, -0.15) is 0 Å². The van der Waals surface area contributed by atoms with Gasteiger partial charge in [0.2, 0.25) is 0 Å². The lowest BCUT2D eigenvalue weighted by Gasteiger charge is -2.28. The van der Waals surface area contributed by atoms with Gasteiger partial charge in [0.1, 0.15) is 0 Å². The highest BCUT2D eigenvalue weighted by molar-refractivity contribution is 6.10. The molecule has 0 atom stereocenters. The Morgan fingerprint density at radius 3 is 1.33 bits per heavy atom. The van der Waals surface area contributed by atoms with Gasteiger partial charge in [0.25, 0.3) is 0 Å². The highest BCUT2D eigenvalue weighted by Gasteiger charge is 2.49. The molecule has 0 radical (unpaired) electrons. The van der Waals surface area contributed by atoms with Crippen LogP contribution in [0, 0.1) is 0 Å².